The van der Waals surface area contributed by atoms with Gasteiger partial charge in [0.2, 0.25) is 0 Å². The summed E-state index contributed by atoms with van der Waals surface area (Å²) in [6.07, 6.45) is 2.32. The Hall–Kier alpha value is -1.19. The van der Waals surface area contributed by atoms with E-state index < -0.39 is 0 Å². The average molecular weight is 348 g/mol. The van der Waals surface area contributed by atoms with Gasteiger partial charge in [-0.3, -0.25) is 0 Å². The van der Waals surface area contributed by atoms with Crippen LogP contribution >= 0.6 is 15.9 Å². The molecule has 0 aromatic heterocycles. The van der Waals surface area contributed by atoms with Gasteiger partial charge in [-0.1, -0.05) is 46.3 Å². The Kier molecular flexibility index (Phi) is 4.41. The number of hydrogen-bond donors (Lipinski definition) is 1. The maximum Gasteiger partial charge on any atom is 0.123 e. The van der Waals surface area contributed by atoms with Crippen molar-refractivity contribution in [2.45, 2.75) is 37.8 Å². The fourth-order valence-corrected chi connectivity index (χ4v) is 3.62. The molecule has 1 aliphatic carbocycles. The maximum atomic E-state index is 12.9. The quantitative estimate of drug-likeness (QED) is 0.802. The summed E-state index contributed by atoms with van der Waals surface area (Å²) in [5.41, 5.74) is 2.55. The van der Waals surface area contributed by atoms with Crippen LogP contribution in [0.4, 0.5) is 4.39 Å². The Morgan fingerprint density at radius 1 is 1.10 bits per heavy atom. The molecule has 0 spiro atoms. The fraction of sp³-hybridized carbons (Fsp3) is 0.333. The Bertz CT molecular complexity index is 605. The van der Waals surface area contributed by atoms with E-state index in [9.17, 15) is 4.39 Å². The van der Waals surface area contributed by atoms with Gasteiger partial charge in [-0.2, -0.15) is 0 Å². The van der Waals surface area contributed by atoms with Gasteiger partial charge in [0.1, 0.15) is 5.82 Å². The van der Waals surface area contributed by atoms with Crippen molar-refractivity contribution in [3.05, 3.63) is 69.9 Å². The Balaban J connectivity index is 1.55. The van der Waals surface area contributed by atoms with Gasteiger partial charge in [0.05, 0.1) is 0 Å². The monoisotopic (exact) mass is 347 g/mol. The molecule has 1 aliphatic rings. The molecule has 1 atom stereocenters. The van der Waals surface area contributed by atoms with E-state index in [0.717, 1.165) is 18.4 Å². The number of nitrogens with one attached hydrogen (secondary N) is 1. The Labute approximate surface area is 133 Å². The van der Waals surface area contributed by atoms with Gasteiger partial charge in [-0.15, -0.1) is 0 Å². The van der Waals surface area contributed by atoms with Crippen molar-refractivity contribution in [2.75, 3.05) is 0 Å². The minimum Gasteiger partial charge on any atom is -0.307 e. The van der Waals surface area contributed by atoms with E-state index in [0.29, 0.717) is 12.0 Å². The SMILES string of the molecule is C[C@@H](NC1CC(c2ccccc2Br)C1)c1ccc(F)cc1. The van der Waals surface area contributed by atoms with Gasteiger partial charge in [0.25, 0.3) is 0 Å². The molecule has 0 saturated heterocycles. The van der Waals surface area contributed by atoms with Gasteiger partial charge < -0.3 is 5.32 Å². The summed E-state index contributed by atoms with van der Waals surface area (Å²) in [4.78, 5) is 0. The largest absolute Gasteiger partial charge is 0.307 e. The predicted octanol–water partition coefficient (Wildman–Crippen LogP) is 5.19. The Morgan fingerprint density at radius 2 is 1.76 bits per heavy atom. The summed E-state index contributed by atoms with van der Waals surface area (Å²) in [6.45, 7) is 2.14. The number of hydrogen-bond acceptors (Lipinski definition) is 1. The van der Waals surface area contributed by atoms with Gasteiger partial charge in [-0.25, -0.2) is 4.39 Å². The molecular formula is C18H19BrFN. The molecule has 3 heteroatoms. The summed E-state index contributed by atoms with van der Waals surface area (Å²) in [5.74, 6) is 0.460. The fourth-order valence-electron chi connectivity index (χ4n) is 3.02. The first-order chi connectivity index (χ1) is 10.1. The predicted molar refractivity (Wildman–Crippen MR) is 87.9 cm³/mol. The van der Waals surface area contributed by atoms with Crippen LogP contribution in [0.2, 0.25) is 0 Å². The zero-order chi connectivity index (χ0) is 14.8. The first kappa shape index (κ1) is 14.7. The summed E-state index contributed by atoms with van der Waals surface area (Å²) in [7, 11) is 0. The van der Waals surface area contributed by atoms with Crippen molar-refractivity contribution in [2.24, 2.45) is 0 Å². The van der Waals surface area contributed by atoms with Crippen LogP contribution in [-0.4, -0.2) is 6.04 Å². The van der Waals surface area contributed by atoms with Gasteiger partial charge >= 0.3 is 0 Å². The number of benzene rings is 2. The zero-order valence-corrected chi connectivity index (χ0v) is 13.6. The van der Waals surface area contributed by atoms with E-state index in [4.69, 9.17) is 0 Å². The molecule has 0 heterocycles. The van der Waals surface area contributed by atoms with Gasteiger partial charge in [0, 0.05) is 16.6 Å². The highest BCUT2D eigenvalue weighted by Gasteiger charge is 2.32. The molecule has 0 aliphatic heterocycles. The second-order valence-corrected chi connectivity index (χ2v) is 6.68. The summed E-state index contributed by atoms with van der Waals surface area (Å²) >= 11 is 3.63. The molecule has 0 bridgehead atoms. The lowest BCUT2D eigenvalue weighted by atomic mass is 9.75. The van der Waals surface area contributed by atoms with E-state index in [2.05, 4.69) is 52.4 Å². The molecule has 3 rings (SSSR count). The lowest BCUT2D eigenvalue weighted by Crippen LogP contribution is -2.41. The molecule has 0 amide bonds. The maximum absolute atomic E-state index is 12.9. The highest BCUT2D eigenvalue weighted by molar-refractivity contribution is 9.10. The normalized spacial score (nSPS) is 22.6. The smallest absolute Gasteiger partial charge is 0.123 e. The van der Waals surface area contributed by atoms with Gasteiger partial charge in [0.15, 0.2) is 0 Å². The molecular weight excluding hydrogens is 329 g/mol. The summed E-state index contributed by atoms with van der Waals surface area (Å²) in [5, 5.41) is 3.63. The molecule has 1 fully saturated rings. The van der Waals surface area contributed by atoms with Crippen LogP contribution in [0, 0.1) is 5.82 Å². The third kappa shape index (κ3) is 3.35. The second-order valence-electron chi connectivity index (χ2n) is 5.83. The van der Waals surface area contributed by atoms with Crippen LogP contribution in [0.15, 0.2) is 53.0 Å². The topological polar surface area (TPSA) is 12.0 Å². The van der Waals surface area contributed by atoms with Crippen LogP contribution in [0.5, 0.6) is 0 Å². The van der Waals surface area contributed by atoms with Crippen molar-refractivity contribution < 1.29 is 4.39 Å². The standard InChI is InChI=1S/C18H19BrFN/c1-12(13-6-8-15(20)9-7-13)21-16-10-14(11-16)17-4-2-3-5-18(17)19/h2-9,12,14,16,21H,10-11H2,1H3/t12-,14?,16?/m1/s1. The van der Waals surface area contributed by atoms with E-state index in [-0.39, 0.29) is 11.9 Å². The molecule has 21 heavy (non-hydrogen) atoms. The molecule has 0 radical (unpaired) electrons. The third-order valence-electron chi connectivity index (χ3n) is 4.34. The Morgan fingerprint density at radius 3 is 2.43 bits per heavy atom. The zero-order valence-electron chi connectivity index (χ0n) is 12.0. The molecule has 1 nitrogen and oxygen atoms in total. The molecule has 110 valence electrons. The van der Waals surface area contributed by atoms with Crippen LogP contribution in [-0.2, 0) is 0 Å². The van der Waals surface area contributed by atoms with Crippen LogP contribution in [0.25, 0.3) is 0 Å². The van der Waals surface area contributed by atoms with E-state index in [1.54, 1.807) is 0 Å². The van der Waals surface area contributed by atoms with Crippen molar-refractivity contribution in [1.29, 1.82) is 0 Å². The van der Waals surface area contributed by atoms with Crippen molar-refractivity contribution >= 4 is 15.9 Å². The second kappa shape index (κ2) is 6.29. The van der Waals surface area contributed by atoms with Crippen molar-refractivity contribution in [3.8, 4) is 0 Å². The van der Waals surface area contributed by atoms with E-state index in [1.165, 1.54) is 22.2 Å². The molecule has 2 aromatic carbocycles. The lowest BCUT2D eigenvalue weighted by molar-refractivity contribution is 0.270. The van der Waals surface area contributed by atoms with Crippen LogP contribution in [0.3, 0.4) is 0 Å². The van der Waals surface area contributed by atoms with Gasteiger partial charge in [-0.05, 0) is 55.0 Å². The first-order valence-electron chi connectivity index (χ1n) is 7.39. The van der Waals surface area contributed by atoms with Crippen molar-refractivity contribution in [1.82, 2.24) is 5.32 Å². The molecule has 1 saturated carbocycles. The minimum atomic E-state index is -0.177. The lowest BCUT2D eigenvalue weighted by Gasteiger charge is -2.38. The highest BCUT2D eigenvalue weighted by Crippen LogP contribution is 2.40. The highest BCUT2D eigenvalue weighted by atomic mass is 79.9. The summed E-state index contributed by atoms with van der Waals surface area (Å²) < 4.78 is 14.2. The summed E-state index contributed by atoms with van der Waals surface area (Å²) in [6, 6.07) is 16.0. The van der Waals surface area contributed by atoms with Crippen LogP contribution < -0.4 is 5.32 Å². The molecule has 1 N–H and O–H groups in total. The average Bonchev–Trinajstić information content (AvgIpc) is 2.44. The third-order valence-corrected chi connectivity index (χ3v) is 5.06. The van der Waals surface area contributed by atoms with Crippen LogP contribution in [0.1, 0.15) is 42.9 Å². The minimum absolute atomic E-state index is 0.177. The van der Waals surface area contributed by atoms with Crippen molar-refractivity contribution in [3.63, 3.8) is 0 Å². The van der Waals surface area contributed by atoms with E-state index in [1.807, 2.05) is 12.1 Å². The molecule has 0 unspecified atom stereocenters. The first-order valence-corrected chi connectivity index (χ1v) is 8.18. The number of rotatable bonds is 4. The van der Waals surface area contributed by atoms with E-state index >= 15 is 0 Å². The molecule has 2 aromatic rings. The number of halogens is 2.